The minimum Gasteiger partial charge on any atom is -0.481 e. The molecule has 0 bridgehead atoms. The van der Waals surface area contributed by atoms with Gasteiger partial charge in [0.2, 0.25) is 0 Å². The minimum absolute atomic E-state index is 0.322. The lowest BCUT2D eigenvalue weighted by Gasteiger charge is -2.30. The van der Waals surface area contributed by atoms with Crippen LogP contribution in [0.5, 0.6) is 0 Å². The van der Waals surface area contributed by atoms with Gasteiger partial charge < -0.3 is 9.84 Å². The molecule has 0 radical (unpaired) electrons. The van der Waals surface area contributed by atoms with E-state index < -0.39 is 29.6 Å². The van der Waals surface area contributed by atoms with Gasteiger partial charge in [0.1, 0.15) is 5.60 Å². The lowest BCUT2D eigenvalue weighted by atomic mass is 9.97. The van der Waals surface area contributed by atoms with Crippen LogP contribution in [-0.4, -0.2) is 44.4 Å². The number of thioether (sulfide) groups is 1. The second-order valence-corrected chi connectivity index (χ2v) is 9.02. The van der Waals surface area contributed by atoms with E-state index in [1.54, 1.807) is 38.7 Å². The monoisotopic (exact) mass is 366 g/mol. The third-order valence-electron chi connectivity index (χ3n) is 3.79. The average Bonchev–Trinajstić information content (AvgIpc) is 2.90. The molecule has 1 N–H and O–H groups in total. The van der Waals surface area contributed by atoms with E-state index in [-0.39, 0.29) is 0 Å². The molecule has 0 saturated carbocycles. The van der Waals surface area contributed by atoms with Crippen LogP contribution in [0.4, 0.5) is 4.79 Å². The fourth-order valence-electron chi connectivity index (χ4n) is 2.89. The molecule has 1 amide bonds. The molecule has 0 aromatic carbocycles. The summed E-state index contributed by atoms with van der Waals surface area (Å²) in [6.07, 6.45) is 1.54. The maximum Gasteiger partial charge on any atom is 0.410 e. The van der Waals surface area contributed by atoms with Gasteiger partial charge in [-0.15, -0.1) is 11.8 Å². The highest BCUT2D eigenvalue weighted by Crippen LogP contribution is 2.41. The summed E-state index contributed by atoms with van der Waals surface area (Å²) in [5.41, 5.74) is -0.000263. The first-order valence-electron chi connectivity index (χ1n) is 8.44. The van der Waals surface area contributed by atoms with Gasteiger partial charge in [0.15, 0.2) is 0 Å². The summed E-state index contributed by atoms with van der Waals surface area (Å²) in [7, 11) is 0. The van der Waals surface area contributed by atoms with Crippen molar-refractivity contribution in [3.8, 4) is 0 Å². The van der Waals surface area contributed by atoms with E-state index in [9.17, 15) is 14.7 Å². The zero-order valence-electron chi connectivity index (χ0n) is 15.4. The van der Waals surface area contributed by atoms with Crippen molar-refractivity contribution >= 4 is 23.8 Å². The first-order valence-corrected chi connectivity index (χ1v) is 9.32. The summed E-state index contributed by atoms with van der Waals surface area (Å²) in [5.74, 6) is -1.60. The summed E-state index contributed by atoms with van der Waals surface area (Å²) in [6, 6.07) is 3.14. The Balaban J connectivity index is 2.41. The van der Waals surface area contributed by atoms with Gasteiger partial charge in [-0.1, -0.05) is 13.8 Å². The van der Waals surface area contributed by atoms with Gasteiger partial charge in [-0.3, -0.25) is 14.7 Å². The maximum atomic E-state index is 12.6. The molecule has 2 heterocycles. The van der Waals surface area contributed by atoms with Crippen LogP contribution in [0, 0.1) is 5.92 Å². The molecule has 1 fully saturated rings. The first-order chi connectivity index (χ1) is 11.6. The summed E-state index contributed by atoms with van der Waals surface area (Å²) in [4.78, 5) is 31.2. The summed E-state index contributed by atoms with van der Waals surface area (Å²) < 4.78 is 5.48. The fraction of sp³-hybridized carbons (Fsp3) is 0.611. The van der Waals surface area contributed by atoms with E-state index in [0.29, 0.717) is 23.9 Å². The Labute approximate surface area is 153 Å². The Bertz CT molecular complexity index is 642. The van der Waals surface area contributed by atoms with Crippen LogP contribution < -0.4 is 0 Å². The second-order valence-electron chi connectivity index (χ2n) is 7.41. The van der Waals surface area contributed by atoms with Crippen LogP contribution in [0.25, 0.3) is 0 Å². The highest BCUT2D eigenvalue weighted by Gasteiger charge is 2.45. The van der Waals surface area contributed by atoms with E-state index in [4.69, 9.17) is 4.74 Å². The zero-order valence-corrected chi connectivity index (χ0v) is 16.2. The predicted molar refractivity (Wildman–Crippen MR) is 96.7 cm³/mol. The van der Waals surface area contributed by atoms with Crippen LogP contribution in [-0.2, 0) is 9.53 Å². The van der Waals surface area contributed by atoms with Gasteiger partial charge in [-0.2, -0.15) is 0 Å². The Morgan fingerprint density at radius 1 is 1.40 bits per heavy atom. The van der Waals surface area contributed by atoms with E-state index in [2.05, 4.69) is 18.8 Å². The smallest absolute Gasteiger partial charge is 0.410 e. The highest BCUT2D eigenvalue weighted by atomic mass is 32.2. The number of hydrogen-bond acceptors (Lipinski definition) is 5. The van der Waals surface area contributed by atoms with Gasteiger partial charge in [0.05, 0.1) is 17.7 Å². The van der Waals surface area contributed by atoms with Crippen molar-refractivity contribution in [3.05, 3.63) is 24.0 Å². The molecule has 1 aliphatic heterocycles. The molecule has 25 heavy (non-hydrogen) atoms. The Hall–Kier alpha value is -1.76. The lowest BCUT2D eigenvalue weighted by Crippen LogP contribution is -2.38. The number of ether oxygens (including phenoxy) is 1. The Morgan fingerprint density at radius 2 is 2.08 bits per heavy atom. The van der Waals surface area contributed by atoms with Gasteiger partial charge in [-0.25, -0.2) is 4.79 Å². The van der Waals surface area contributed by atoms with Crippen LogP contribution >= 0.6 is 11.8 Å². The normalized spacial score (nSPS) is 20.8. The molecule has 7 heteroatoms. The average molecular weight is 366 g/mol. The predicted octanol–water partition coefficient (Wildman–Crippen LogP) is 3.96. The Kier molecular flexibility index (Phi) is 5.98. The quantitative estimate of drug-likeness (QED) is 0.812. The van der Waals surface area contributed by atoms with Gasteiger partial charge in [0.25, 0.3) is 0 Å². The molecule has 1 aliphatic rings. The summed E-state index contributed by atoms with van der Waals surface area (Å²) in [5, 5.41) is 9.96. The van der Waals surface area contributed by atoms with E-state index in [1.165, 1.54) is 4.90 Å². The van der Waals surface area contributed by atoms with Crippen molar-refractivity contribution < 1.29 is 19.4 Å². The number of nitrogens with zero attached hydrogens (tertiary/aromatic N) is 2. The highest BCUT2D eigenvalue weighted by molar-refractivity contribution is 8.00. The van der Waals surface area contributed by atoms with Crippen molar-refractivity contribution in [1.82, 2.24) is 9.88 Å². The second kappa shape index (κ2) is 7.64. The topological polar surface area (TPSA) is 79.7 Å². The van der Waals surface area contributed by atoms with Crippen molar-refractivity contribution in [1.29, 1.82) is 0 Å². The molecule has 2 rings (SSSR count). The molecule has 1 aromatic heterocycles. The number of carboxylic acids is 1. The number of carboxylic acid groups (broad SMARTS) is 1. The number of carbonyl (C=O) groups excluding carboxylic acids is 1. The van der Waals surface area contributed by atoms with Gasteiger partial charge >= 0.3 is 12.1 Å². The van der Waals surface area contributed by atoms with E-state index >= 15 is 0 Å². The molecule has 0 aliphatic carbocycles. The largest absolute Gasteiger partial charge is 0.481 e. The third-order valence-corrected chi connectivity index (χ3v) is 4.86. The molecule has 138 valence electrons. The number of rotatable bonds is 4. The number of amides is 1. The number of hydrogen-bond donors (Lipinski definition) is 1. The van der Waals surface area contributed by atoms with E-state index in [1.807, 2.05) is 12.1 Å². The molecule has 0 spiro atoms. The van der Waals surface area contributed by atoms with Crippen molar-refractivity contribution in [2.45, 2.75) is 62.8 Å². The lowest BCUT2D eigenvalue weighted by molar-refractivity contribution is -0.142. The maximum absolute atomic E-state index is 12.6. The standard InChI is InChI=1S/C18H26N2O4S/c1-11(2)25-13-7-6-9-19-14(13)15-12(16(21)22)8-10-20(15)17(23)24-18(3,4)5/h6-7,9,11-12,15H,8,10H2,1-5H3,(H,21,22)/t12-,15+/m0/s1. The number of aliphatic carboxylic acids is 1. The summed E-state index contributed by atoms with van der Waals surface area (Å²) in [6.45, 7) is 9.87. The van der Waals surface area contributed by atoms with Crippen LogP contribution in [0.3, 0.4) is 0 Å². The number of aromatic nitrogens is 1. The van der Waals surface area contributed by atoms with E-state index in [0.717, 1.165) is 4.90 Å². The fourth-order valence-corrected chi connectivity index (χ4v) is 3.85. The number of carbonyl (C=O) groups is 2. The molecule has 1 aromatic rings. The summed E-state index contributed by atoms with van der Waals surface area (Å²) >= 11 is 1.62. The molecular weight excluding hydrogens is 340 g/mol. The molecule has 6 nitrogen and oxygen atoms in total. The van der Waals surface area contributed by atoms with Gasteiger partial charge in [-0.05, 0) is 39.3 Å². The van der Waals surface area contributed by atoms with Crippen LogP contribution in [0.15, 0.2) is 23.2 Å². The molecule has 2 atom stereocenters. The molecular formula is C18H26N2O4S. The van der Waals surface area contributed by atoms with Crippen molar-refractivity contribution in [3.63, 3.8) is 0 Å². The molecule has 1 saturated heterocycles. The van der Waals surface area contributed by atoms with Crippen molar-refractivity contribution in [2.24, 2.45) is 5.92 Å². The number of pyridine rings is 1. The SMILES string of the molecule is CC(C)Sc1cccnc1[C@H]1[C@@H](C(=O)O)CCN1C(=O)OC(C)(C)C. The Morgan fingerprint density at radius 3 is 2.64 bits per heavy atom. The third kappa shape index (κ3) is 4.87. The van der Waals surface area contributed by atoms with Crippen molar-refractivity contribution in [2.75, 3.05) is 6.54 Å². The van der Waals surface area contributed by atoms with Crippen LogP contribution in [0.2, 0.25) is 0 Å². The zero-order chi connectivity index (χ0) is 18.8. The number of likely N-dealkylation sites (tertiary alicyclic amines) is 1. The van der Waals surface area contributed by atoms with Gasteiger partial charge in [0, 0.05) is 22.9 Å². The minimum atomic E-state index is -0.915. The molecule has 0 unspecified atom stereocenters. The van der Waals surface area contributed by atoms with Crippen LogP contribution in [0.1, 0.15) is 52.8 Å². The first kappa shape index (κ1) is 19.6.